The molecule has 0 radical (unpaired) electrons. The lowest BCUT2D eigenvalue weighted by molar-refractivity contribution is -0.120. The summed E-state index contributed by atoms with van der Waals surface area (Å²) in [6.07, 6.45) is 0. The van der Waals surface area contributed by atoms with Crippen LogP contribution in [0.4, 0.5) is 0 Å². The molecule has 1 aromatic rings. The van der Waals surface area contributed by atoms with Crippen molar-refractivity contribution in [3.05, 3.63) is 21.4 Å². The molecule has 0 aliphatic rings. The summed E-state index contributed by atoms with van der Waals surface area (Å²) in [5.41, 5.74) is 0.882. The van der Waals surface area contributed by atoms with Crippen molar-refractivity contribution in [2.75, 3.05) is 13.2 Å². The third-order valence-corrected chi connectivity index (χ3v) is 3.43. The molecule has 1 heterocycles. The molecule has 1 rings (SSSR count). The number of thiophene rings is 1. The zero-order valence-corrected chi connectivity index (χ0v) is 12.6. The lowest BCUT2D eigenvalue weighted by atomic mass is 10.2. The molecule has 0 unspecified atom stereocenters. The molecular weight excluding hydrogens is 276 g/mol. The van der Waals surface area contributed by atoms with E-state index in [2.05, 4.69) is 22.5 Å². The molecule has 5 nitrogen and oxygen atoms in total. The first-order valence-electron chi connectivity index (χ1n) is 6.21. The highest BCUT2D eigenvalue weighted by Gasteiger charge is 2.12. The van der Waals surface area contributed by atoms with Gasteiger partial charge in [-0.2, -0.15) is 0 Å². The summed E-state index contributed by atoms with van der Waals surface area (Å²) in [6.45, 7) is 5.29. The van der Waals surface area contributed by atoms with Gasteiger partial charge in [-0.05, 0) is 32.4 Å². The monoisotopic (exact) mass is 294 g/mol. The van der Waals surface area contributed by atoms with Gasteiger partial charge in [-0.25, -0.2) is 0 Å². The average Bonchev–Trinajstić information content (AvgIpc) is 2.74. The third kappa shape index (κ3) is 5.03. The molecule has 0 fully saturated rings. The number of carbonyl (C=O) groups is 2. The van der Waals surface area contributed by atoms with Crippen LogP contribution in [0.25, 0.3) is 0 Å². The van der Waals surface area contributed by atoms with E-state index in [0.717, 1.165) is 10.4 Å². The van der Waals surface area contributed by atoms with Crippen LogP contribution in [0.3, 0.4) is 0 Å². The van der Waals surface area contributed by atoms with Crippen molar-refractivity contribution < 1.29 is 14.7 Å². The average molecular weight is 294 g/mol. The maximum absolute atomic E-state index is 11.9. The van der Waals surface area contributed by atoms with Crippen LogP contribution < -0.4 is 10.6 Å². The van der Waals surface area contributed by atoms with Gasteiger partial charge in [-0.1, -0.05) is 11.8 Å². The van der Waals surface area contributed by atoms with Crippen LogP contribution in [0.2, 0.25) is 0 Å². The number of aliphatic hydroxyl groups excluding tert-OH is 1. The highest BCUT2D eigenvalue weighted by Crippen LogP contribution is 2.20. The topological polar surface area (TPSA) is 78.4 Å². The Labute approximate surface area is 122 Å². The smallest absolute Gasteiger partial charge is 0.261 e. The fourth-order valence-electron chi connectivity index (χ4n) is 1.46. The van der Waals surface area contributed by atoms with E-state index in [0.29, 0.717) is 4.88 Å². The highest BCUT2D eigenvalue weighted by atomic mass is 32.1. The molecule has 2 amide bonds. The first-order chi connectivity index (χ1) is 9.43. The normalized spacial score (nSPS) is 9.85. The minimum absolute atomic E-state index is 0.0451. The fraction of sp³-hybridized carbons (Fsp3) is 0.429. The summed E-state index contributed by atoms with van der Waals surface area (Å²) in [4.78, 5) is 24.6. The highest BCUT2D eigenvalue weighted by molar-refractivity contribution is 7.14. The van der Waals surface area contributed by atoms with E-state index in [1.807, 2.05) is 20.8 Å². The Kier molecular flexibility index (Phi) is 6.22. The summed E-state index contributed by atoms with van der Waals surface area (Å²) in [6, 6.07) is 1.77. The Morgan fingerprint density at radius 3 is 2.75 bits per heavy atom. The van der Waals surface area contributed by atoms with Gasteiger partial charge in [0.1, 0.15) is 6.61 Å². The van der Waals surface area contributed by atoms with Gasteiger partial charge < -0.3 is 15.7 Å². The Morgan fingerprint density at radius 1 is 1.45 bits per heavy atom. The second kappa shape index (κ2) is 7.68. The molecule has 0 aliphatic heterocycles. The summed E-state index contributed by atoms with van der Waals surface area (Å²) in [7, 11) is 0. The SMILES string of the molecule is Cc1cc(C(=O)NCC(=O)NC(C)C)sc1C#CCO. The van der Waals surface area contributed by atoms with Crippen molar-refractivity contribution in [1.29, 1.82) is 0 Å². The van der Waals surface area contributed by atoms with Gasteiger partial charge in [0.05, 0.1) is 16.3 Å². The molecule has 0 aromatic carbocycles. The number of carbonyl (C=O) groups excluding carboxylic acids is 2. The van der Waals surface area contributed by atoms with E-state index >= 15 is 0 Å². The van der Waals surface area contributed by atoms with E-state index in [-0.39, 0.29) is 31.0 Å². The van der Waals surface area contributed by atoms with Crippen molar-refractivity contribution in [2.45, 2.75) is 26.8 Å². The molecule has 6 heteroatoms. The lowest BCUT2D eigenvalue weighted by Gasteiger charge is -2.08. The summed E-state index contributed by atoms with van der Waals surface area (Å²) < 4.78 is 0. The van der Waals surface area contributed by atoms with Crippen molar-refractivity contribution in [1.82, 2.24) is 10.6 Å². The molecule has 0 saturated carbocycles. The van der Waals surface area contributed by atoms with Crippen molar-refractivity contribution >= 4 is 23.2 Å². The molecule has 20 heavy (non-hydrogen) atoms. The van der Waals surface area contributed by atoms with Crippen molar-refractivity contribution in [3.63, 3.8) is 0 Å². The zero-order chi connectivity index (χ0) is 15.1. The Bertz CT molecular complexity index is 553. The zero-order valence-electron chi connectivity index (χ0n) is 11.7. The molecule has 0 bridgehead atoms. The minimum Gasteiger partial charge on any atom is -0.384 e. The maximum Gasteiger partial charge on any atom is 0.261 e. The van der Waals surface area contributed by atoms with Gasteiger partial charge in [0.2, 0.25) is 5.91 Å². The van der Waals surface area contributed by atoms with Crippen LogP contribution in [-0.4, -0.2) is 36.1 Å². The molecule has 0 saturated heterocycles. The van der Waals surface area contributed by atoms with Crippen LogP contribution in [0.5, 0.6) is 0 Å². The molecule has 3 N–H and O–H groups in total. The number of aryl methyl sites for hydroxylation is 1. The predicted octanol–water partition coefficient (Wildman–Crippen LogP) is 0.655. The minimum atomic E-state index is -0.297. The lowest BCUT2D eigenvalue weighted by Crippen LogP contribution is -2.39. The third-order valence-electron chi connectivity index (χ3n) is 2.28. The Morgan fingerprint density at radius 2 is 2.15 bits per heavy atom. The second-order valence-electron chi connectivity index (χ2n) is 4.49. The van der Waals surface area contributed by atoms with Crippen LogP contribution in [0.15, 0.2) is 6.07 Å². The molecule has 108 valence electrons. The molecule has 0 spiro atoms. The van der Waals surface area contributed by atoms with Gasteiger partial charge >= 0.3 is 0 Å². The molecule has 1 aromatic heterocycles. The van der Waals surface area contributed by atoms with E-state index in [9.17, 15) is 9.59 Å². The van der Waals surface area contributed by atoms with Gasteiger partial charge in [-0.15, -0.1) is 11.3 Å². The van der Waals surface area contributed by atoms with E-state index in [1.54, 1.807) is 6.07 Å². The second-order valence-corrected chi connectivity index (χ2v) is 5.54. The maximum atomic E-state index is 11.9. The van der Waals surface area contributed by atoms with Crippen molar-refractivity contribution in [3.8, 4) is 11.8 Å². The Hall–Kier alpha value is -1.84. The van der Waals surface area contributed by atoms with E-state index < -0.39 is 0 Å². The fourth-order valence-corrected chi connectivity index (χ4v) is 2.42. The van der Waals surface area contributed by atoms with Crippen LogP contribution in [0, 0.1) is 18.8 Å². The van der Waals surface area contributed by atoms with Gasteiger partial charge in [-0.3, -0.25) is 9.59 Å². The number of aliphatic hydroxyl groups is 1. The first kappa shape index (κ1) is 16.2. The predicted molar refractivity (Wildman–Crippen MR) is 78.6 cm³/mol. The number of nitrogens with one attached hydrogen (secondary N) is 2. The van der Waals surface area contributed by atoms with Gasteiger partial charge in [0.15, 0.2) is 0 Å². The molecule has 0 atom stereocenters. The van der Waals surface area contributed by atoms with Gasteiger partial charge in [0.25, 0.3) is 5.91 Å². The van der Waals surface area contributed by atoms with Crippen LogP contribution in [-0.2, 0) is 4.79 Å². The summed E-state index contributed by atoms with van der Waals surface area (Å²) >= 11 is 1.24. The van der Waals surface area contributed by atoms with E-state index in [4.69, 9.17) is 5.11 Å². The van der Waals surface area contributed by atoms with E-state index in [1.165, 1.54) is 11.3 Å². The van der Waals surface area contributed by atoms with Crippen LogP contribution in [0.1, 0.15) is 34.0 Å². The largest absolute Gasteiger partial charge is 0.384 e. The van der Waals surface area contributed by atoms with Gasteiger partial charge in [0, 0.05) is 6.04 Å². The quantitative estimate of drug-likeness (QED) is 0.714. The number of rotatable bonds is 4. The standard InChI is InChI=1S/C14H18N2O3S/c1-9(2)16-13(18)8-15-14(19)12-7-10(3)11(20-12)5-4-6-17/h7,9,17H,6,8H2,1-3H3,(H,15,19)(H,16,18). The van der Waals surface area contributed by atoms with Crippen LogP contribution >= 0.6 is 11.3 Å². The Balaban J connectivity index is 2.62. The molecule has 0 aliphatic carbocycles. The number of amides is 2. The summed E-state index contributed by atoms with van der Waals surface area (Å²) in [5, 5.41) is 13.9. The first-order valence-corrected chi connectivity index (χ1v) is 7.03. The number of hydrogen-bond acceptors (Lipinski definition) is 4. The van der Waals surface area contributed by atoms with Crippen molar-refractivity contribution in [2.24, 2.45) is 0 Å². The summed E-state index contributed by atoms with van der Waals surface area (Å²) in [5.74, 6) is 4.82. The number of hydrogen-bond donors (Lipinski definition) is 3. The molecular formula is C14H18N2O3S.